The molecule has 0 unspecified atom stereocenters. The first-order valence-corrected chi connectivity index (χ1v) is 6.43. The second-order valence-corrected chi connectivity index (χ2v) is 5.10. The molecule has 0 radical (unpaired) electrons. The Bertz CT molecular complexity index is 547. The molecule has 0 aromatic heterocycles. The lowest BCUT2D eigenvalue weighted by Gasteiger charge is -2.28. The highest BCUT2D eigenvalue weighted by Crippen LogP contribution is 2.29. The third-order valence-corrected chi connectivity index (χ3v) is 3.69. The van der Waals surface area contributed by atoms with Gasteiger partial charge in [-0.05, 0) is 18.9 Å². The van der Waals surface area contributed by atoms with Gasteiger partial charge >= 0.3 is 0 Å². The molecule has 1 aliphatic carbocycles. The number of benzene rings is 1. The second-order valence-electron chi connectivity index (χ2n) is 5.10. The van der Waals surface area contributed by atoms with Crippen LogP contribution in [0.2, 0.25) is 0 Å². The summed E-state index contributed by atoms with van der Waals surface area (Å²) in [5.74, 6) is -1.34. The van der Waals surface area contributed by atoms with E-state index < -0.39 is 27.9 Å². The van der Waals surface area contributed by atoms with Crippen molar-refractivity contribution >= 4 is 24.0 Å². The van der Waals surface area contributed by atoms with Crippen LogP contribution in [0.5, 0.6) is 0 Å². The lowest BCUT2D eigenvalue weighted by atomic mass is 9.97. The zero-order valence-electron chi connectivity index (χ0n) is 11.3. The van der Waals surface area contributed by atoms with Gasteiger partial charge in [0.15, 0.2) is 0 Å². The number of nitrogens with zero attached hydrogens (tertiary/aromatic N) is 1. The van der Waals surface area contributed by atoms with Crippen molar-refractivity contribution in [2.75, 3.05) is 6.54 Å². The number of non-ortho nitro benzene ring substituents is 1. The number of carbonyl (C=O) groups excluding carboxylic acids is 1. The molecule has 116 valence electrons. The van der Waals surface area contributed by atoms with E-state index in [-0.39, 0.29) is 18.0 Å². The van der Waals surface area contributed by atoms with Crippen molar-refractivity contribution in [2.45, 2.75) is 31.2 Å². The van der Waals surface area contributed by atoms with E-state index in [1.807, 2.05) is 0 Å². The van der Waals surface area contributed by atoms with E-state index in [1.54, 1.807) is 0 Å². The average molecular weight is 318 g/mol. The van der Waals surface area contributed by atoms with Crippen LogP contribution in [-0.4, -0.2) is 22.9 Å². The number of hydrogen-bond acceptors (Lipinski definition) is 4. The SMILES string of the molecule is Cl.NCC1(NC(=O)c2cc(F)cc([N+](=O)[O-])c2)CCCC1. The van der Waals surface area contributed by atoms with Crippen molar-refractivity contribution in [3.63, 3.8) is 0 Å². The number of rotatable bonds is 4. The van der Waals surface area contributed by atoms with Gasteiger partial charge in [0.1, 0.15) is 5.82 Å². The van der Waals surface area contributed by atoms with Crippen LogP contribution in [0.15, 0.2) is 18.2 Å². The van der Waals surface area contributed by atoms with Gasteiger partial charge in [-0.15, -0.1) is 12.4 Å². The van der Waals surface area contributed by atoms with Gasteiger partial charge in [-0.25, -0.2) is 4.39 Å². The van der Waals surface area contributed by atoms with Crippen LogP contribution in [0.25, 0.3) is 0 Å². The van der Waals surface area contributed by atoms with Crippen molar-refractivity contribution in [1.29, 1.82) is 0 Å². The maximum Gasteiger partial charge on any atom is 0.273 e. The molecule has 8 heteroatoms. The molecular formula is C13H17ClFN3O3. The normalized spacial score (nSPS) is 16.1. The number of hydrogen-bond donors (Lipinski definition) is 2. The topological polar surface area (TPSA) is 98.3 Å². The molecule has 1 saturated carbocycles. The minimum Gasteiger partial charge on any atom is -0.345 e. The fraction of sp³-hybridized carbons (Fsp3) is 0.462. The summed E-state index contributed by atoms with van der Waals surface area (Å²) in [6, 6.07) is 2.84. The number of nitro benzene ring substituents is 1. The zero-order chi connectivity index (χ0) is 14.8. The molecule has 21 heavy (non-hydrogen) atoms. The Morgan fingerprint density at radius 3 is 2.52 bits per heavy atom. The molecule has 1 amide bonds. The maximum atomic E-state index is 13.3. The molecule has 0 bridgehead atoms. The number of nitrogens with one attached hydrogen (secondary N) is 1. The quantitative estimate of drug-likeness (QED) is 0.656. The van der Waals surface area contributed by atoms with E-state index in [1.165, 1.54) is 0 Å². The lowest BCUT2D eigenvalue weighted by Crippen LogP contribution is -2.51. The number of amides is 1. The van der Waals surface area contributed by atoms with Gasteiger partial charge in [-0.3, -0.25) is 14.9 Å². The van der Waals surface area contributed by atoms with Crippen LogP contribution in [0.3, 0.4) is 0 Å². The van der Waals surface area contributed by atoms with Crippen LogP contribution < -0.4 is 11.1 Å². The van der Waals surface area contributed by atoms with Gasteiger partial charge < -0.3 is 11.1 Å². The highest BCUT2D eigenvalue weighted by atomic mass is 35.5. The Balaban J connectivity index is 0.00000220. The van der Waals surface area contributed by atoms with Gasteiger partial charge in [-0.1, -0.05) is 12.8 Å². The monoisotopic (exact) mass is 317 g/mol. The first-order valence-electron chi connectivity index (χ1n) is 6.43. The summed E-state index contributed by atoms with van der Waals surface area (Å²) < 4.78 is 13.3. The summed E-state index contributed by atoms with van der Waals surface area (Å²) >= 11 is 0. The highest BCUT2D eigenvalue weighted by molar-refractivity contribution is 5.95. The summed E-state index contributed by atoms with van der Waals surface area (Å²) in [5, 5.41) is 13.5. The van der Waals surface area contributed by atoms with Gasteiger partial charge in [0.2, 0.25) is 0 Å². The smallest absolute Gasteiger partial charge is 0.273 e. The predicted molar refractivity (Wildman–Crippen MR) is 78.0 cm³/mol. The predicted octanol–water partition coefficient (Wildman–Crippen LogP) is 2.16. The standard InChI is InChI=1S/C13H16FN3O3.ClH/c14-10-5-9(6-11(7-10)17(19)20)12(18)16-13(8-15)3-1-2-4-13;/h5-7H,1-4,8,15H2,(H,16,18);1H. The van der Waals surface area contributed by atoms with Crippen LogP contribution in [0, 0.1) is 15.9 Å². The average Bonchev–Trinajstić information content (AvgIpc) is 2.87. The summed E-state index contributed by atoms with van der Waals surface area (Å²) in [4.78, 5) is 22.1. The molecule has 6 nitrogen and oxygen atoms in total. The van der Waals surface area contributed by atoms with Crippen LogP contribution in [0.1, 0.15) is 36.0 Å². The molecule has 1 aromatic rings. The first kappa shape index (κ1) is 17.3. The van der Waals surface area contributed by atoms with Crippen molar-refractivity contribution in [1.82, 2.24) is 5.32 Å². The Hall–Kier alpha value is -1.73. The fourth-order valence-electron chi connectivity index (χ4n) is 2.56. The van der Waals surface area contributed by atoms with Crippen LogP contribution in [0.4, 0.5) is 10.1 Å². The Labute approximate surface area is 127 Å². The molecule has 1 aliphatic rings. The number of nitro groups is 1. The van der Waals surface area contributed by atoms with Crippen LogP contribution >= 0.6 is 12.4 Å². The molecule has 0 spiro atoms. The molecule has 0 aliphatic heterocycles. The number of nitrogens with two attached hydrogens (primary N) is 1. The van der Waals surface area contributed by atoms with E-state index in [0.29, 0.717) is 6.54 Å². The van der Waals surface area contributed by atoms with Gasteiger partial charge in [0.05, 0.1) is 16.5 Å². The van der Waals surface area contributed by atoms with Gasteiger partial charge in [0.25, 0.3) is 11.6 Å². The third kappa shape index (κ3) is 3.89. The minimum absolute atomic E-state index is 0. The van der Waals surface area contributed by atoms with E-state index >= 15 is 0 Å². The molecule has 3 N–H and O–H groups in total. The van der Waals surface area contributed by atoms with Gasteiger partial charge in [0, 0.05) is 18.2 Å². The Morgan fingerprint density at radius 1 is 1.38 bits per heavy atom. The Morgan fingerprint density at radius 2 is 2.00 bits per heavy atom. The molecule has 0 heterocycles. The van der Waals surface area contributed by atoms with Gasteiger partial charge in [-0.2, -0.15) is 0 Å². The lowest BCUT2D eigenvalue weighted by molar-refractivity contribution is -0.385. The van der Waals surface area contributed by atoms with Crippen molar-refractivity contribution in [3.8, 4) is 0 Å². The largest absolute Gasteiger partial charge is 0.345 e. The minimum atomic E-state index is -0.808. The zero-order valence-corrected chi connectivity index (χ0v) is 12.1. The molecule has 0 saturated heterocycles. The number of halogens is 2. The first-order chi connectivity index (χ1) is 9.46. The number of carbonyl (C=O) groups is 1. The third-order valence-electron chi connectivity index (χ3n) is 3.69. The molecule has 1 fully saturated rings. The van der Waals surface area contributed by atoms with Crippen molar-refractivity contribution < 1.29 is 14.1 Å². The highest BCUT2D eigenvalue weighted by Gasteiger charge is 2.34. The summed E-state index contributed by atoms with van der Waals surface area (Å²) in [6.45, 7) is 0.302. The Kier molecular flexibility index (Phi) is 5.62. The maximum absolute atomic E-state index is 13.3. The molecule has 1 aromatic carbocycles. The second kappa shape index (κ2) is 6.82. The van der Waals surface area contributed by atoms with Crippen molar-refractivity contribution in [3.05, 3.63) is 39.7 Å². The van der Waals surface area contributed by atoms with E-state index in [4.69, 9.17) is 5.73 Å². The molecule has 0 atom stereocenters. The van der Waals surface area contributed by atoms with E-state index in [2.05, 4.69) is 5.32 Å². The van der Waals surface area contributed by atoms with E-state index in [0.717, 1.165) is 43.9 Å². The molecule has 2 rings (SSSR count). The van der Waals surface area contributed by atoms with Crippen LogP contribution in [-0.2, 0) is 0 Å². The van der Waals surface area contributed by atoms with E-state index in [9.17, 15) is 19.3 Å². The summed E-state index contributed by atoms with van der Waals surface area (Å²) in [5.41, 5.74) is 4.73. The van der Waals surface area contributed by atoms with Crippen molar-refractivity contribution in [2.24, 2.45) is 5.73 Å². The summed E-state index contributed by atoms with van der Waals surface area (Å²) in [6.07, 6.45) is 3.49. The summed E-state index contributed by atoms with van der Waals surface area (Å²) in [7, 11) is 0. The fourth-order valence-corrected chi connectivity index (χ4v) is 2.56. The molecular weight excluding hydrogens is 301 g/mol.